The van der Waals surface area contributed by atoms with E-state index in [4.69, 9.17) is 11.0 Å². The molecule has 0 fully saturated rings. The minimum absolute atomic E-state index is 0.0895. The number of amides is 1. The molecule has 5 heteroatoms. The summed E-state index contributed by atoms with van der Waals surface area (Å²) < 4.78 is 0. The third kappa shape index (κ3) is 8.06. The lowest BCUT2D eigenvalue weighted by Gasteiger charge is -2.18. The molecular formula is C12H23N3OS. The van der Waals surface area contributed by atoms with E-state index in [1.807, 2.05) is 13.8 Å². The van der Waals surface area contributed by atoms with Crippen molar-refractivity contribution in [1.82, 2.24) is 5.32 Å². The van der Waals surface area contributed by atoms with Crippen molar-refractivity contribution in [3.63, 3.8) is 0 Å². The number of nitriles is 1. The molecule has 0 heterocycles. The molecule has 98 valence electrons. The predicted molar refractivity (Wildman–Crippen MR) is 72.7 cm³/mol. The summed E-state index contributed by atoms with van der Waals surface area (Å²) in [5.41, 5.74) is 5.17. The Morgan fingerprint density at radius 1 is 1.53 bits per heavy atom. The van der Waals surface area contributed by atoms with Crippen molar-refractivity contribution in [2.45, 2.75) is 45.1 Å². The van der Waals surface area contributed by atoms with E-state index in [1.165, 1.54) is 0 Å². The van der Waals surface area contributed by atoms with Crippen molar-refractivity contribution < 1.29 is 4.79 Å². The fraction of sp³-hybridized carbons (Fsp3) is 0.833. The maximum Gasteiger partial charge on any atom is 0.229 e. The van der Waals surface area contributed by atoms with E-state index in [0.29, 0.717) is 18.6 Å². The Hall–Kier alpha value is -0.730. The lowest BCUT2D eigenvalue weighted by molar-refractivity contribution is -0.118. The van der Waals surface area contributed by atoms with Gasteiger partial charge in [0.2, 0.25) is 5.91 Å². The molecule has 0 saturated carbocycles. The number of nitrogens with two attached hydrogens (primary N) is 1. The van der Waals surface area contributed by atoms with Crippen molar-refractivity contribution in [2.75, 3.05) is 18.1 Å². The number of hydrogen-bond acceptors (Lipinski definition) is 4. The van der Waals surface area contributed by atoms with Gasteiger partial charge in [0.25, 0.3) is 0 Å². The van der Waals surface area contributed by atoms with Gasteiger partial charge in [0.15, 0.2) is 0 Å². The third-order valence-electron chi connectivity index (χ3n) is 2.57. The van der Waals surface area contributed by atoms with Crippen LogP contribution < -0.4 is 11.1 Å². The Morgan fingerprint density at radius 2 is 2.24 bits per heavy atom. The highest BCUT2D eigenvalue weighted by Gasteiger charge is 2.20. The van der Waals surface area contributed by atoms with Crippen LogP contribution in [0.5, 0.6) is 0 Å². The summed E-state index contributed by atoms with van der Waals surface area (Å²) in [5.74, 6) is 1.46. The standard InChI is InChI=1S/C12H23N3OS/c1-3-7-15-11(16)9-17-8-5-6-12(14,4-2)10-13/h3-9,14H2,1-2H3,(H,15,16). The summed E-state index contributed by atoms with van der Waals surface area (Å²) >= 11 is 1.60. The van der Waals surface area contributed by atoms with Crippen LogP contribution in [-0.4, -0.2) is 29.5 Å². The molecule has 0 saturated heterocycles. The van der Waals surface area contributed by atoms with E-state index in [0.717, 1.165) is 25.1 Å². The first-order chi connectivity index (χ1) is 8.08. The second-order valence-electron chi connectivity index (χ2n) is 4.13. The molecule has 0 aromatic carbocycles. The van der Waals surface area contributed by atoms with Crippen LogP contribution in [0.25, 0.3) is 0 Å². The molecule has 1 amide bonds. The minimum atomic E-state index is -0.689. The van der Waals surface area contributed by atoms with Crippen molar-refractivity contribution in [1.29, 1.82) is 5.26 Å². The minimum Gasteiger partial charge on any atom is -0.355 e. The summed E-state index contributed by atoms with van der Waals surface area (Å²) in [5, 5.41) is 11.7. The largest absolute Gasteiger partial charge is 0.355 e. The number of nitrogens with one attached hydrogen (secondary N) is 1. The molecule has 1 atom stereocenters. The first-order valence-electron chi connectivity index (χ1n) is 6.12. The lowest BCUT2D eigenvalue weighted by atomic mass is 9.94. The van der Waals surface area contributed by atoms with Gasteiger partial charge < -0.3 is 11.1 Å². The number of rotatable bonds is 9. The zero-order chi connectivity index (χ0) is 13.1. The molecule has 1 unspecified atom stereocenters. The van der Waals surface area contributed by atoms with Gasteiger partial charge in [0.05, 0.1) is 11.8 Å². The molecule has 17 heavy (non-hydrogen) atoms. The van der Waals surface area contributed by atoms with Gasteiger partial charge in [-0.1, -0.05) is 13.8 Å². The second kappa shape index (κ2) is 9.32. The number of carbonyl (C=O) groups excluding carboxylic acids is 1. The smallest absolute Gasteiger partial charge is 0.229 e. The first kappa shape index (κ1) is 16.3. The summed E-state index contributed by atoms with van der Waals surface area (Å²) in [4.78, 5) is 11.3. The SMILES string of the molecule is CCCNC(=O)CSCCCC(N)(C#N)CC. The van der Waals surface area contributed by atoms with E-state index >= 15 is 0 Å². The van der Waals surface area contributed by atoms with Gasteiger partial charge in [0, 0.05) is 6.54 Å². The van der Waals surface area contributed by atoms with E-state index in [2.05, 4.69) is 11.4 Å². The number of thioether (sulfide) groups is 1. The van der Waals surface area contributed by atoms with Gasteiger partial charge in [-0.25, -0.2) is 0 Å². The van der Waals surface area contributed by atoms with Gasteiger partial charge in [-0.2, -0.15) is 17.0 Å². The first-order valence-corrected chi connectivity index (χ1v) is 7.28. The Labute approximate surface area is 108 Å². The molecule has 0 aliphatic rings. The van der Waals surface area contributed by atoms with Gasteiger partial charge >= 0.3 is 0 Å². The molecule has 4 nitrogen and oxygen atoms in total. The van der Waals surface area contributed by atoms with Crippen LogP contribution in [0.4, 0.5) is 0 Å². The van der Waals surface area contributed by atoms with Crippen LogP contribution in [0.3, 0.4) is 0 Å². The summed E-state index contributed by atoms with van der Waals surface area (Å²) in [6.45, 7) is 4.70. The molecule has 0 aliphatic carbocycles. The van der Waals surface area contributed by atoms with Crippen molar-refractivity contribution in [2.24, 2.45) is 5.73 Å². The van der Waals surface area contributed by atoms with Crippen LogP contribution in [0, 0.1) is 11.3 Å². The van der Waals surface area contributed by atoms with Crippen LogP contribution >= 0.6 is 11.8 Å². The average Bonchev–Trinajstić information content (AvgIpc) is 2.35. The zero-order valence-corrected chi connectivity index (χ0v) is 11.6. The maximum atomic E-state index is 11.3. The molecule has 0 aromatic heterocycles. The highest BCUT2D eigenvalue weighted by molar-refractivity contribution is 7.99. The van der Waals surface area contributed by atoms with Crippen LogP contribution in [0.15, 0.2) is 0 Å². The van der Waals surface area contributed by atoms with Crippen molar-refractivity contribution >= 4 is 17.7 Å². The zero-order valence-electron chi connectivity index (χ0n) is 10.8. The van der Waals surface area contributed by atoms with Crippen molar-refractivity contribution in [3.8, 4) is 6.07 Å². The number of hydrogen-bond donors (Lipinski definition) is 2. The quantitative estimate of drug-likeness (QED) is 0.616. The Morgan fingerprint density at radius 3 is 2.76 bits per heavy atom. The molecule has 0 rings (SSSR count). The van der Waals surface area contributed by atoms with Crippen LogP contribution in [-0.2, 0) is 4.79 Å². The average molecular weight is 257 g/mol. The molecule has 3 N–H and O–H groups in total. The van der Waals surface area contributed by atoms with Gasteiger partial charge in [-0.05, 0) is 31.4 Å². The lowest BCUT2D eigenvalue weighted by Crippen LogP contribution is -2.37. The van der Waals surface area contributed by atoms with Gasteiger partial charge in [-0.15, -0.1) is 0 Å². The number of carbonyl (C=O) groups is 1. The molecule has 0 aliphatic heterocycles. The monoisotopic (exact) mass is 257 g/mol. The highest BCUT2D eigenvalue weighted by atomic mass is 32.2. The number of nitrogens with zero attached hydrogens (tertiary/aromatic N) is 1. The Balaban J connectivity index is 3.53. The Bertz CT molecular complexity index is 265. The maximum absolute atomic E-state index is 11.3. The normalized spacial score (nSPS) is 13.8. The summed E-state index contributed by atoms with van der Waals surface area (Å²) in [6, 6.07) is 2.14. The topological polar surface area (TPSA) is 78.9 Å². The van der Waals surface area contributed by atoms with Gasteiger partial charge in [-0.3, -0.25) is 4.79 Å². The third-order valence-corrected chi connectivity index (χ3v) is 3.61. The molecule has 0 radical (unpaired) electrons. The highest BCUT2D eigenvalue weighted by Crippen LogP contribution is 2.15. The predicted octanol–water partition coefficient (Wildman–Crippen LogP) is 1.66. The van der Waals surface area contributed by atoms with Crippen LogP contribution in [0.2, 0.25) is 0 Å². The van der Waals surface area contributed by atoms with Gasteiger partial charge in [0.1, 0.15) is 5.54 Å². The summed E-state index contributed by atoms with van der Waals surface area (Å²) in [6.07, 6.45) is 3.21. The Kier molecular flexibility index (Phi) is 8.92. The fourth-order valence-corrected chi connectivity index (χ4v) is 2.06. The van der Waals surface area contributed by atoms with Crippen LogP contribution in [0.1, 0.15) is 39.5 Å². The molecule has 0 aromatic rings. The van der Waals surface area contributed by atoms with E-state index in [-0.39, 0.29) is 5.91 Å². The fourth-order valence-electron chi connectivity index (χ4n) is 1.28. The van der Waals surface area contributed by atoms with E-state index < -0.39 is 5.54 Å². The van der Waals surface area contributed by atoms with E-state index in [9.17, 15) is 4.79 Å². The van der Waals surface area contributed by atoms with E-state index in [1.54, 1.807) is 11.8 Å². The molecule has 0 spiro atoms. The second-order valence-corrected chi connectivity index (χ2v) is 5.23. The molecular weight excluding hydrogens is 234 g/mol. The molecule has 0 bridgehead atoms. The van der Waals surface area contributed by atoms with Crippen molar-refractivity contribution in [3.05, 3.63) is 0 Å². The summed E-state index contributed by atoms with van der Waals surface area (Å²) in [7, 11) is 0.